The van der Waals surface area contributed by atoms with E-state index in [1.807, 2.05) is 34.9 Å². The molecule has 0 bridgehead atoms. The lowest BCUT2D eigenvalue weighted by atomic mass is 10.1. The van der Waals surface area contributed by atoms with Crippen LogP contribution in [0.15, 0.2) is 77.3 Å². The smallest absolute Gasteiger partial charge is 0.238 e. The fourth-order valence-electron chi connectivity index (χ4n) is 2.70. The number of benzene rings is 2. The third-order valence-corrected chi connectivity index (χ3v) is 6.01. The first-order valence-corrected chi connectivity index (χ1v) is 11.5. The van der Waals surface area contributed by atoms with E-state index >= 15 is 0 Å². The van der Waals surface area contributed by atoms with Crippen LogP contribution in [0.2, 0.25) is 0 Å². The number of nitrogens with two attached hydrogens (primary N) is 1. The third-order valence-electron chi connectivity index (χ3n) is 4.11. The van der Waals surface area contributed by atoms with Crippen LogP contribution in [-0.2, 0) is 27.8 Å². The van der Waals surface area contributed by atoms with E-state index < -0.39 is 10.0 Å². The maximum atomic E-state index is 12.3. The first kappa shape index (κ1) is 21.8. The van der Waals surface area contributed by atoms with Crippen molar-refractivity contribution < 1.29 is 13.2 Å². The van der Waals surface area contributed by atoms with Gasteiger partial charge in [-0.15, -0.1) is 16.8 Å². The normalized spacial score (nSPS) is 11.2. The van der Waals surface area contributed by atoms with Gasteiger partial charge in [-0.2, -0.15) is 0 Å². The number of carbonyl (C=O) groups excluding carboxylic acids is 1. The molecule has 1 amide bonds. The van der Waals surface area contributed by atoms with Crippen LogP contribution in [-0.4, -0.2) is 34.8 Å². The summed E-state index contributed by atoms with van der Waals surface area (Å²) in [7, 11) is -3.77. The Morgan fingerprint density at radius 2 is 1.83 bits per heavy atom. The van der Waals surface area contributed by atoms with Crippen LogP contribution >= 0.6 is 11.8 Å². The number of hydrogen-bond acceptors (Lipinski definition) is 6. The zero-order chi connectivity index (χ0) is 21.6. The molecule has 0 aliphatic heterocycles. The van der Waals surface area contributed by atoms with Crippen LogP contribution in [0.4, 0.5) is 5.69 Å². The van der Waals surface area contributed by atoms with E-state index in [2.05, 4.69) is 22.1 Å². The summed E-state index contributed by atoms with van der Waals surface area (Å²) in [6, 6.07) is 15.6. The molecule has 2 aromatic carbocycles. The molecule has 0 spiro atoms. The van der Waals surface area contributed by atoms with E-state index in [1.165, 1.54) is 36.0 Å². The highest BCUT2D eigenvalue weighted by molar-refractivity contribution is 7.99. The molecule has 156 valence electrons. The van der Waals surface area contributed by atoms with Crippen LogP contribution in [0.25, 0.3) is 0 Å². The maximum Gasteiger partial charge on any atom is 0.238 e. The van der Waals surface area contributed by atoms with Crippen LogP contribution in [0.1, 0.15) is 11.4 Å². The number of sulfonamides is 1. The Morgan fingerprint density at radius 3 is 2.47 bits per heavy atom. The van der Waals surface area contributed by atoms with Gasteiger partial charge in [-0.25, -0.2) is 13.6 Å². The minimum atomic E-state index is -3.77. The van der Waals surface area contributed by atoms with Crippen molar-refractivity contribution >= 4 is 33.4 Å². The predicted molar refractivity (Wildman–Crippen MR) is 117 cm³/mol. The van der Waals surface area contributed by atoms with E-state index in [0.29, 0.717) is 23.8 Å². The van der Waals surface area contributed by atoms with Crippen molar-refractivity contribution in [2.24, 2.45) is 5.14 Å². The Morgan fingerprint density at radius 1 is 1.13 bits per heavy atom. The standard InChI is InChI=1S/C20H21N5O3S2/c1-2-12-25-18(13-15-6-4-3-5-7-15)23-24-20(25)29-14-19(26)22-16-8-10-17(11-9-16)30(21,27)28/h2-11H,1,12-14H2,(H,22,26)(H2,21,27,28). The lowest BCUT2D eigenvalue weighted by Gasteiger charge is -2.08. The summed E-state index contributed by atoms with van der Waals surface area (Å²) in [5.74, 6) is 0.668. The third kappa shape index (κ3) is 5.78. The summed E-state index contributed by atoms with van der Waals surface area (Å²) in [6.45, 7) is 4.32. The van der Waals surface area contributed by atoms with Gasteiger partial charge in [-0.05, 0) is 29.8 Å². The highest BCUT2D eigenvalue weighted by Crippen LogP contribution is 2.20. The summed E-state index contributed by atoms with van der Waals surface area (Å²) >= 11 is 1.27. The molecule has 3 aromatic rings. The number of hydrogen-bond donors (Lipinski definition) is 2. The molecular weight excluding hydrogens is 422 g/mol. The second-order valence-electron chi connectivity index (χ2n) is 6.37. The Bertz CT molecular complexity index is 1130. The van der Waals surface area contributed by atoms with E-state index in [0.717, 1.165) is 11.4 Å². The SMILES string of the molecule is C=CCn1c(Cc2ccccc2)nnc1SCC(=O)Nc1ccc(S(N)(=O)=O)cc1. The van der Waals surface area contributed by atoms with Gasteiger partial charge in [0.05, 0.1) is 10.6 Å². The molecule has 0 radical (unpaired) electrons. The van der Waals surface area contributed by atoms with Gasteiger partial charge < -0.3 is 9.88 Å². The van der Waals surface area contributed by atoms with Crippen molar-refractivity contribution in [3.63, 3.8) is 0 Å². The van der Waals surface area contributed by atoms with Crippen LogP contribution < -0.4 is 10.5 Å². The molecule has 0 saturated carbocycles. The number of primary sulfonamides is 1. The van der Waals surface area contributed by atoms with Crippen molar-refractivity contribution in [3.05, 3.63) is 78.6 Å². The molecule has 10 heteroatoms. The van der Waals surface area contributed by atoms with Crippen molar-refractivity contribution in [3.8, 4) is 0 Å². The average molecular weight is 444 g/mol. The van der Waals surface area contributed by atoms with E-state index in [9.17, 15) is 13.2 Å². The summed E-state index contributed by atoms with van der Waals surface area (Å²) in [5.41, 5.74) is 1.60. The monoisotopic (exact) mass is 443 g/mol. The quantitative estimate of drug-likeness (QED) is 0.387. The first-order valence-electron chi connectivity index (χ1n) is 8.99. The zero-order valence-electron chi connectivity index (χ0n) is 16.1. The molecule has 0 atom stereocenters. The van der Waals surface area contributed by atoms with Gasteiger partial charge >= 0.3 is 0 Å². The lowest BCUT2D eigenvalue weighted by molar-refractivity contribution is -0.113. The molecule has 0 aliphatic carbocycles. The number of anilines is 1. The highest BCUT2D eigenvalue weighted by atomic mass is 32.2. The molecule has 0 fully saturated rings. The number of carbonyl (C=O) groups is 1. The van der Waals surface area contributed by atoms with Gasteiger partial charge in [-0.3, -0.25) is 4.79 Å². The van der Waals surface area contributed by atoms with E-state index in [1.54, 1.807) is 6.08 Å². The molecule has 0 saturated heterocycles. The summed E-state index contributed by atoms with van der Waals surface area (Å²) < 4.78 is 24.5. The summed E-state index contributed by atoms with van der Waals surface area (Å²) in [4.78, 5) is 12.3. The van der Waals surface area contributed by atoms with Crippen LogP contribution in [0, 0.1) is 0 Å². The Kier molecular flexibility index (Phi) is 7.03. The summed E-state index contributed by atoms with van der Waals surface area (Å²) in [5, 5.41) is 16.9. The predicted octanol–water partition coefficient (Wildman–Crippen LogP) is 2.43. The second-order valence-corrected chi connectivity index (χ2v) is 8.87. The zero-order valence-corrected chi connectivity index (χ0v) is 17.7. The number of nitrogens with zero attached hydrogens (tertiary/aromatic N) is 3. The number of allylic oxidation sites excluding steroid dienone is 1. The largest absolute Gasteiger partial charge is 0.325 e. The lowest BCUT2D eigenvalue weighted by Crippen LogP contribution is -2.15. The molecule has 0 unspecified atom stereocenters. The number of nitrogens with one attached hydrogen (secondary N) is 1. The average Bonchev–Trinajstić information content (AvgIpc) is 3.09. The van der Waals surface area contributed by atoms with Gasteiger partial charge in [0, 0.05) is 18.7 Å². The van der Waals surface area contributed by atoms with Crippen LogP contribution in [0.5, 0.6) is 0 Å². The Labute approximate surface area is 179 Å². The van der Waals surface area contributed by atoms with Crippen LogP contribution in [0.3, 0.4) is 0 Å². The number of rotatable bonds is 9. The molecular formula is C20H21N5O3S2. The van der Waals surface area contributed by atoms with E-state index in [-0.39, 0.29) is 16.6 Å². The molecule has 30 heavy (non-hydrogen) atoms. The minimum Gasteiger partial charge on any atom is -0.325 e. The minimum absolute atomic E-state index is 0.0154. The molecule has 1 aromatic heterocycles. The molecule has 3 N–H and O–H groups in total. The second kappa shape index (κ2) is 9.70. The first-order chi connectivity index (χ1) is 14.4. The van der Waals surface area contributed by atoms with Gasteiger partial charge in [0.1, 0.15) is 5.82 Å². The van der Waals surface area contributed by atoms with Gasteiger partial charge in [-0.1, -0.05) is 48.2 Å². The molecule has 1 heterocycles. The molecule has 8 nitrogen and oxygen atoms in total. The van der Waals surface area contributed by atoms with Gasteiger partial charge in [0.2, 0.25) is 15.9 Å². The van der Waals surface area contributed by atoms with E-state index in [4.69, 9.17) is 5.14 Å². The van der Waals surface area contributed by atoms with Crippen molar-refractivity contribution in [1.82, 2.24) is 14.8 Å². The number of thioether (sulfide) groups is 1. The fourth-order valence-corrected chi connectivity index (χ4v) is 3.98. The van der Waals surface area contributed by atoms with Gasteiger partial charge in [0.25, 0.3) is 0 Å². The summed E-state index contributed by atoms with van der Waals surface area (Å²) in [6.07, 6.45) is 2.39. The number of aromatic nitrogens is 3. The maximum absolute atomic E-state index is 12.3. The fraction of sp³-hybridized carbons (Fsp3) is 0.150. The number of amides is 1. The topological polar surface area (TPSA) is 120 Å². The molecule has 0 aliphatic rings. The Hall–Kier alpha value is -2.95. The highest BCUT2D eigenvalue weighted by Gasteiger charge is 2.14. The van der Waals surface area contributed by atoms with Gasteiger partial charge in [0.15, 0.2) is 5.16 Å². The van der Waals surface area contributed by atoms with Crippen molar-refractivity contribution in [2.45, 2.75) is 23.0 Å². The Balaban J connectivity index is 1.63. The molecule has 3 rings (SSSR count). The van der Waals surface area contributed by atoms with Crippen molar-refractivity contribution in [1.29, 1.82) is 0 Å². The van der Waals surface area contributed by atoms with Crippen molar-refractivity contribution in [2.75, 3.05) is 11.1 Å².